The highest BCUT2D eigenvalue weighted by molar-refractivity contribution is 5.99. The van der Waals surface area contributed by atoms with Gasteiger partial charge in [-0.05, 0) is 47.9 Å². The number of amides is 1. The van der Waals surface area contributed by atoms with Gasteiger partial charge in [0, 0.05) is 39.1 Å². The van der Waals surface area contributed by atoms with Gasteiger partial charge in [0.25, 0.3) is 0 Å². The number of rotatable bonds is 3. The van der Waals surface area contributed by atoms with E-state index in [1.807, 2.05) is 24.3 Å². The number of para-hydroxylation sites is 2. The zero-order chi connectivity index (χ0) is 26.7. The third-order valence-electron chi connectivity index (χ3n) is 8.87. The third-order valence-corrected chi connectivity index (χ3v) is 8.87. The molecule has 2 aromatic heterocycles. The fraction of sp³-hybridized carbons (Fsp3) is 0.379. The topological polar surface area (TPSA) is 128 Å². The van der Waals surface area contributed by atoms with Crippen molar-refractivity contribution in [2.45, 2.75) is 38.8 Å². The van der Waals surface area contributed by atoms with Gasteiger partial charge < -0.3 is 25.5 Å². The SMILES string of the molecule is CC(=O)N1CCN(c2n[nH]c3nc(N4CCC5(CC4)Cc4ccccc4[C@H]5N)c(CO)nc23)c2ccccc21. The number of hydrogen-bond donors (Lipinski definition) is 3. The van der Waals surface area contributed by atoms with Gasteiger partial charge in [-0.3, -0.25) is 9.89 Å². The van der Waals surface area contributed by atoms with E-state index >= 15 is 0 Å². The van der Waals surface area contributed by atoms with Crippen molar-refractivity contribution in [1.29, 1.82) is 0 Å². The Balaban J connectivity index is 1.18. The van der Waals surface area contributed by atoms with Crippen LogP contribution in [0.4, 0.5) is 23.0 Å². The number of hydrogen-bond acceptors (Lipinski definition) is 8. The van der Waals surface area contributed by atoms with Crippen LogP contribution < -0.4 is 20.4 Å². The number of nitrogens with zero attached hydrogens (tertiary/aromatic N) is 6. The number of aromatic amines is 1. The number of carbonyl (C=O) groups excluding carboxylic acids is 1. The van der Waals surface area contributed by atoms with E-state index < -0.39 is 0 Å². The molecule has 39 heavy (non-hydrogen) atoms. The van der Waals surface area contributed by atoms with E-state index in [1.54, 1.807) is 11.8 Å². The summed E-state index contributed by atoms with van der Waals surface area (Å²) in [6.45, 7) is 4.08. The molecule has 4 heterocycles. The van der Waals surface area contributed by atoms with Gasteiger partial charge in [0.05, 0.1) is 18.0 Å². The lowest BCUT2D eigenvalue weighted by atomic mass is 9.73. The van der Waals surface area contributed by atoms with Crippen molar-refractivity contribution < 1.29 is 9.90 Å². The first-order valence-corrected chi connectivity index (χ1v) is 13.6. The van der Waals surface area contributed by atoms with E-state index in [4.69, 9.17) is 15.7 Å². The molecule has 200 valence electrons. The van der Waals surface area contributed by atoms with Crippen LogP contribution in [0.5, 0.6) is 0 Å². The highest BCUT2D eigenvalue weighted by Gasteiger charge is 2.46. The van der Waals surface area contributed by atoms with E-state index in [9.17, 15) is 9.90 Å². The number of anilines is 4. The predicted molar refractivity (Wildman–Crippen MR) is 150 cm³/mol. The minimum Gasteiger partial charge on any atom is -0.390 e. The molecular weight excluding hydrogens is 492 g/mol. The Morgan fingerprint density at radius 1 is 1.03 bits per heavy atom. The van der Waals surface area contributed by atoms with Gasteiger partial charge >= 0.3 is 0 Å². The maximum Gasteiger partial charge on any atom is 0.223 e. The number of aliphatic hydroxyl groups is 1. The normalized spacial score (nSPS) is 20.0. The largest absolute Gasteiger partial charge is 0.390 e. The first-order valence-electron chi connectivity index (χ1n) is 13.6. The molecule has 2 aliphatic heterocycles. The van der Waals surface area contributed by atoms with Crippen molar-refractivity contribution in [3.05, 3.63) is 65.4 Å². The quantitative estimate of drug-likeness (QED) is 0.373. The molecule has 1 amide bonds. The predicted octanol–water partition coefficient (Wildman–Crippen LogP) is 3.19. The molecule has 10 heteroatoms. The van der Waals surface area contributed by atoms with Crippen molar-refractivity contribution in [2.24, 2.45) is 11.1 Å². The number of aliphatic hydroxyl groups excluding tert-OH is 1. The van der Waals surface area contributed by atoms with E-state index in [0.717, 1.165) is 43.7 Å². The smallest absolute Gasteiger partial charge is 0.223 e. The molecule has 1 atom stereocenters. The van der Waals surface area contributed by atoms with Crippen LogP contribution >= 0.6 is 0 Å². The van der Waals surface area contributed by atoms with Gasteiger partial charge in [-0.25, -0.2) is 9.97 Å². The summed E-state index contributed by atoms with van der Waals surface area (Å²) in [5.74, 6) is 1.34. The molecule has 0 saturated carbocycles. The molecule has 0 unspecified atom stereocenters. The Labute approximate surface area is 226 Å². The van der Waals surface area contributed by atoms with E-state index in [2.05, 4.69) is 44.3 Å². The Bertz CT molecular complexity index is 1570. The highest BCUT2D eigenvalue weighted by Crippen LogP contribution is 2.51. The van der Waals surface area contributed by atoms with Gasteiger partial charge in [-0.1, -0.05) is 36.4 Å². The number of nitrogens with two attached hydrogens (primary N) is 1. The summed E-state index contributed by atoms with van der Waals surface area (Å²) in [5, 5.41) is 18.0. The van der Waals surface area contributed by atoms with Gasteiger partial charge in [0.2, 0.25) is 5.91 Å². The lowest BCUT2D eigenvalue weighted by Crippen LogP contribution is -2.45. The van der Waals surface area contributed by atoms with Crippen LogP contribution in [-0.4, -0.2) is 57.4 Å². The third kappa shape index (κ3) is 3.70. The number of benzene rings is 2. The van der Waals surface area contributed by atoms with Crippen LogP contribution in [-0.2, 0) is 17.8 Å². The maximum absolute atomic E-state index is 12.2. The Kier molecular flexibility index (Phi) is 5.57. The second kappa shape index (κ2) is 9.03. The lowest BCUT2D eigenvalue weighted by molar-refractivity contribution is -0.116. The molecule has 1 fully saturated rings. The average Bonchev–Trinajstić information content (AvgIpc) is 3.50. The Morgan fingerprint density at radius 2 is 1.77 bits per heavy atom. The fourth-order valence-corrected chi connectivity index (χ4v) is 6.78. The van der Waals surface area contributed by atoms with Crippen LogP contribution in [0, 0.1) is 5.41 Å². The summed E-state index contributed by atoms with van der Waals surface area (Å²) in [7, 11) is 0. The molecule has 0 radical (unpaired) electrons. The second-order valence-corrected chi connectivity index (χ2v) is 10.9. The maximum atomic E-state index is 12.2. The molecule has 1 saturated heterocycles. The number of fused-ring (bicyclic) bond motifs is 3. The molecule has 1 aliphatic carbocycles. The van der Waals surface area contributed by atoms with Crippen LogP contribution in [0.3, 0.4) is 0 Å². The number of nitrogens with one attached hydrogen (secondary N) is 1. The standard InChI is InChI=1S/C29H32N8O2/c1-18(39)36-14-15-37(23-9-5-4-8-22(23)36)28-24-26(33-34-28)32-27(21(17-38)31-24)35-12-10-29(11-13-35)16-19-6-2-3-7-20(19)25(29)30/h2-9,25,38H,10-17,30H2,1H3,(H,32,33,34)/t25-/m1/s1. The van der Waals surface area contributed by atoms with Crippen LogP contribution in [0.2, 0.25) is 0 Å². The molecule has 0 bridgehead atoms. The molecule has 4 aromatic rings. The minimum absolute atomic E-state index is 0.00624. The van der Waals surface area contributed by atoms with E-state index in [1.165, 1.54) is 11.1 Å². The van der Waals surface area contributed by atoms with Crippen molar-refractivity contribution in [2.75, 3.05) is 40.9 Å². The van der Waals surface area contributed by atoms with Crippen molar-refractivity contribution in [3.8, 4) is 0 Å². The summed E-state index contributed by atoms with van der Waals surface area (Å²) in [5.41, 5.74) is 12.9. The molecule has 4 N–H and O–H groups in total. The number of piperidine rings is 1. The van der Waals surface area contributed by atoms with Crippen LogP contribution in [0.15, 0.2) is 48.5 Å². The average molecular weight is 525 g/mol. The van der Waals surface area contributed by atoms with Crippen LogP contribution in [0.25, 0.3) is 11.2 Å². The summed E-state index contributed by atoms with van der Waals surface area (Å²) in [6, 6.07) is 16.4. The van der Waals surface area contributed by atoms with Gasteiger partial charge in [0.1, 0.15) is 5.69 Å². The monoisotopic (exact) mass is 524 g/mol. The van der Waals surface area contributed by atoms with Crippen molar-refractivity contribution in [3.63, 3.8) is 0 Å². The summed E-state index contributed by atoms with van der Waals surface area (Å²) >= 11 is 0. The zero-order valence-electron chi connectivity index (χ0n) is 22.0. The first-order chi connectivity index (χ1) is 19.0. The fourth-order valence-electron chi connectivity index (χ4n) is 6.78. The van der Waals surface area contributed by atoms with Gasteiger partial charge in [-0.2, -0.15) is 5.10 Å². The van der Waals surface area contributed by atoms with Gasteiger partial charge in [-0.15, -0.1) is 0 Å². The molecule has 7 rings (SSSR count). The lowest BCUT2D eigenvalue weighted by Gasteiger charge is -2.42. The summed E-state index contributed by atoms with van der Waals surface area (Å²) in [4.78, 5) is 28.1. The minimum atomic E-state index is -0.218. The second-order valence-electron chi connectivity index (χ2n) is 10.9. The van der Waals surface area contributed by atoms with E-state index in [0.29, 0.717) is 41.6 Å². The van der Waals surface area contributed by atoms with Crippen molar-refractivity contribution in [1.82, 2.24) is 20.2 Å². The molecule has 2 aromatic carbocycles. The molecule has 3 aliphatic rings. The first kappa shape index (κ1) is 24.1. The number of aromatic nitrogens is 4. The summed E-state index contributed by atoms with van der Waals surface area (Å²) in [6.07, 6.45) is 2.93. The van der Waals surface area contributed by atoms with Gasteiger partial charge in [0.15, 0.2) is 22.8 Å². The Hall–Kier alpha value is -4.02. The summed E-state index contributed by atoms with van der Waals surface area (Å²) < 4.78 is 0. The van der Waals surface area contributed by atoms with E-state index in [-0.39, 0.29) is 24.0 Å². The number of H-pyrrole nitrogens is 1. The molecule has 1 spiro atoms. The molecule has 10 nitrogen and oxygen atoms in total. The highest BCUT2D eigenvalue weighted by atomic mass is 16.3. The Morgan fingerprint density at radius 3 is 2.51 bits per heavy atom. The number of carbonyl (C=O) groups is 1. The zero-order valence-corrected chi connectivity index (χ0v) is 22.0. The van der Waals surface area contributed by atoms with Crippen LogP contribution in [0.1, 0.15) is 42.6 Å². The van der Waals surface area contributed by atoms with Crippen molar-refractivity contribution >= 4 is 40.1 Å². The molecular formula is C29H32N8O2.